The molecule has 128 valence electrons. The van der Waals surface area contributed by atoms with Crippen LogP contribution in [0.4, 0.5) is 0 Å². The summed E-state index contributed by atoms with van der Waals surface area (Å²) >= 11 is 0. The van der Waals surface area contributed by atoms with Crippen molar-refractivity contribution in [1.29, 1.82) is 0 Å². The van der Waals surface area contributed by atoms with Gasteiger partial charge in [0.2, 0.25) is 5.91 Å². The number of carbonyl (C=O) groups excluding carboxylic acids is 1. The molecule has 0 aromatic carbocycles. The van der Waals surface area contributed by atoms with Crippen LogP contribution in [0.15, 0.2) is 4.52 Å². The molecule has 7 nitrogen and oxygen atoms in total. The molecule has 0 radical (unpaired) electrons. The molecule has 3 rings (SSSR count). The highest BCUT2D eigenvalue weighted by Crippen LogP contribution is 2.29. The second kappa shape index (κ2) is 7.59. The summed E-state index contributed by atoms with van der Waals surface area (Å²) in [5.74, 6) is 0.961. The molecule has 2 heterocycles. The maximum absolute atomic E-state index is 12.5. The van der Waals surface area contributed by atoms with Gasteiger partial charge >= 0.3 is 0 Å². The Morgan fingerprint density at radius 2 is 2.04 bits per heavy atom. The Bertz CT molecular complexity index is 534. The van der Waals surface area contributed by atoms with E-state index in [0.29, 0.717) is 12.5 Å². The molecule has 1 aliphatic carbocycles. The summed E-state index contributed by atoms with van der Waals surface area (Å²) < 4.78 is 5.14. The quantitative estimate of drug-likeness (QED) is 0.842. The number of amides is 1. The first kappa shape index (κ1) is 17.5. The molecule has 23 heavy (non-hydrogen) atoms. The summed E-state index contributed by atoms with van der Waals surface area (Å²) in [5.41, 5.74) is 1.78. The minimum absolute atomic E-state index is 0.197. The lowest BCUT2D eigenvalue weighted by atomic mass is 10.1. The van der Waals surface area contributed by atoms with Gasteiger partial charge in [-0.05, 0) is 33.6 Å². The van der Waals surface area contributed by atoms with Crippen LogP contribution in [0, 0.1) is 13.8 Å². The number of aromatic nitrogens is 1. The highest BCUT2D eigenvalue weighted by atomic mass is 16.5. The Morgan fingerprint density at radius 1 is 1.39 bits per heavy atom. The van der Waals surface area contributed by atoms with E-state index in [1.165, 1.54) is 12.8 Å². The van der Waals surface area contributed by atoms with E-state index >= 15 is 0 Å². The van der Waals surface area contributed by atoms with E-state index in [1.807, 2.05) is 18.7 Å². The average Bonchev–Trinajstić information content (AvgIpc) is 3.30. The first-order valence-corrected chi connectivity index (χ1v) is 8.01. The Kier molecular flexibility index (Phi) is 5.76. The van der Waals surface area contributed by atoms with Crippen molar-refractivity contribution in [1.82, 2.24) is 15.0 Å². The molecule has 1 atom stereocenters. The van der Waals surface area contributed by atoms with E-state index in [2.05, 4.69) is 17.0 Å². The van der Waals surface area contributed by atoms with Crippen LogP contribution < -0.4 is 0 Å². The number of hydrogen-bond acceptors (Lipinski definition) is 5. The lowest BCUT2D eigenvalue weighted by molar-refractivity contribution is -0.135. The van der Waals surface area contributed by atoms with Crippen LogP contribution in [0.25, 0.3) is 0 Å². The van der Waals surface area contributed by atoms with E-state index < -0.39 is 0 Å². The van der Waals surface area contributed by atoms with Crippen molar-refractivity contribution in [2.45, 2.75) is 52.1 Å². The molecular weight excluding hydrogens is 298 g/mol. The van der Waals surface area contributed by atoms with Crippen molar-refractivity contribution < 1.29 is 19.2 Å². The topological polar surface area (TPSA) is 86.9 Å². The zero-order chi connectivity index (χ0) is 17.0. The molecule has 2 fully saturated rings. The molecular formula is C16H25N3O4. The predicted octanol–water partition coefficient (Wildman–Crippen LogP) is 1.23. The van der Waals surface area contributed by atoms with Gasteiger partial charge in [-0.3, -0.25) is 14.5 Å². The van der Waals surface area contributed by atoms with Gasteiger partial charge in [0.05, 0.1) is 12.1 Å². The largest absolute Gasteiger partial charge is 0.483 e. The van der Waals surface area contributed by atoms with Gasteiger partial charge < -0.3 is 14.5 Å². The Morgan fingerprint density at radius 3 is 2.52 bits per heavy atom. The molecule has 1 saturated heterocycles. The second-order valence-electron chi connectivity index (χ2n) is 6.25. The van der Waals surface area contributed by atoms with Crippen molar-refractivity contribution in [3.05, 3.63) is 17.0 Å². The SMILES string of the molecule is Cc1noc(C)c1CC(=O)N1CCN(C2CC2)CC1C.O=CO. The van der Waals surface area contributed by atoms with Crippen molar-refractivity contribution in [3.63, 3.8) is 0 Å². The smallest absolute Gasteiger partial charge is 0.290 e. The van der Waals surface area contributed by atoms with Crippen molar-refractivity contribution in [3.8, 4) is 0 Å². The fourth-order valence-electron chi connectivity index (χ4n) is 3.13. The van der Waals surface area contributed by atoms with Crippen LogP contribution in [0.5, 0.6) is 0 Å². The van der Waals surface area contributed by atoms with Gasteiger partial charge in [-0.15, -0.1) is 0 Å². The van der Waals surface area contributed by atoms with Gasteiger partial charge in [-0.2, -0.15) is 0 Å². The maximum Gasteiger partial charge on any atom is 0.290 e. The highest BCUT2D eigenvalue weighted by molar-refractivity contribution is 5.79. The molecule has 1 aliphatic heterocycles. The number of carbonyl (C=O) groups is 2. The average molecular weight is 323 g/mol. The number of piperazine rings is 1. The summed E-state index contributed by atoms with van der Waals surface area (Å²) in [7, 11) is 0. The zero-order valence-electron chi connectivity index (χ0n) is 14.0. The molecule has 2 aliphatic rings. The fraction of sp³-hybridized carbons (Fsp3) is 0.688. The van der Waals surface area contributed by atoms with E-state index in [9.17, 15) is 4.79 Å². The van der Waals surface area contributed by atoms with Gasteiger partial charge in [0.25, 0.3) is 6.47 Å². The molecule has 0 spiro atoms. The van der Waals surface area contributed by atoms with E-state index in [1.54, 1.807) is 0 Å². The van der Waals surface area contributed by atoms with E-state index in [-0.39, 0.29) is 12.4 Å². The van der Waals surface area contributed by atoms with Crippen LogP contribution in [0.1, 0.15) is 36.8 Å². The van der Waals surface area contributed by atoms with Gasteiger partial charge in [-0.25, -0.2) is 0 Å². The van der Waals surface area contributed by atoms with Crippen LogP contribution in [0.3, 0.4) is 0 Å². The summed E-state index contributed by atoms with van der Waals surface area (Å²) in [6.45, 7) is 8.55. The number of hydrogen-bond donors (Lipinski definition) is 1. The first-order chi connectivity index (χ1) is 11.0. The Hall–Kier alpha value is -1.89. The maximum atomic E-state index is 12.5. The van der Waals surface area contributed by atoms with Crippen LogP contribution >= 0.6 is 0 Å². The number of carboxylic acid groups (broad SMARTS) is 1. The fourth-order valence-corrected chi connectivity index (χ4v) is 3.13. The van der Waals surface area contributed by atoms with E-state index in [0.717, 1.165) is 42.7 Å². The van der Waals surface area contributed by atoms with Crippen LogP contribution in [-0.4, -0.2) is 64.2 Å². The number of rotatable bonds is 3. The van der Waals surface area contributed by atoms with Crippen molar-refractivity contribution >= 4 is 12.4 Å². The molecule has 1 saturated carbocycles. The summed E-state index contributed by atoms with van der Waals surface area (Å²) in [5, 5.41) is 10.8. The molecule has 1 aromatic rings. The first-order valence-electron chi connectivity index (χ1n) is 8.01. The summed E-state index contributed by atoms with van der Waals surface area (Å²) in [4.78, 5) is 25.4. The standard InChI is InChI=1S/C15H23N3O2.CH2O2/c1-10-9-17(13-4-5-13)6-7-18(10)15(19)8-14-11(2)16-20-12(14)3;2-1-3/h10,13H,4-9H2,1-3H3;1H,(H,2,3). The Balaban J connectivity index is 0.000000595. The van der Waals surface area contributed by atoms with Gasteiger partial charge in [0, 0.05) is 37.3 Å². The van der Waals surface area contributed by atoms with Gasteiger partial charge in [0.1, 0.15) is 5.76 Å². The van der Waals surface area contributed by atoms with Crippen LogP contribution in [-0.2, 0) is 16.0 Å². The minimum atomic E-state index is -0.250. The molecule has 1 amide bonds. The van der Waals surface area contributed by atoms with Crippen molar-refractivity contribution in [2.24, 2.45) is 0 Å². The third kappa shape index (κ3) is 4.31. The molecule has 7 heteroatoms. The third-order valence-corrected chi connectivity index (χ3v) is 4.55. The highest BCUT2D eigenvalue weighted by Gasteiger charge is 2.35. The van der Waals surface area contributed by atoms with Gasteiger partial charge in [0.15, 0.2) is 0 Å². The number of nitrogens with zero attached hydrogens (tertiary/aromatic N) is 3. The summed E-state index contributed by atoms with van der Waals surface area (Å²) in [6.07, 6.45) is 3.08. The third-order valence-electron chi connectivity index (χ3n) is 4.55. The monoisotopic (exact) mass is 323 g/mol. The summed E-state index contributed by atoms with van der Waals surface area (Å²) in [6, 6.07) is 1.09. The minimum Gasteiger partial charge on any atom is -0.483 e. The second-order valence-corrected chi connectivity index (χ2v) is 6.25. The molecule has 0 bridgehead atoms. The van der Waals surface area contributed by atoms with Crippen molar-refractivity contribution in [2.75, 3.05) is 19.6 Å². The van der Waals surface area contributed by atoms with Gasteiger partial charge in [-0.1, -0.05) is 5.16 Å². The number of aryl methyl sites for hydroxylation is 2. The molecule has 1 aromatic heterocycles. The lowest BCUT2D eigenvalue weighted by Crippen LogP contribution is -2.54. The predicted molar refractivity (Wildman–Crippen MR) is 84.1 cm³/mol. The van der Waals surface area contributed by atoms with E-state index in [4.69, 9.17) is 14.4 Å². The van der Waals surface area contributed by atoms with Crippen LogP contribution in [0.2, 0.25) is 0 Å². The normalized spacial score (nSPS) is 21.5. The Labute approximate surface area is 136 Å². The lowest BCUT2D eigenvalue weighted by Gasteiger charge is -2.40. The molecule has 1 unspecified atom stereocenters. The molecule has 1 N–H and O–H groups in total. The zero-order valence-corrected chi connectivity index (χ0v) is 14.0.